The van der Waals surface area contributed by atoms with Crippen molar-refractivity contribution in [3.8, 4) is 22.8 Å². The van der Waals surface area contributed by atoms with E-state index in [9.17, 15) is 33.0 Å². The molecule has 0 aliphatic carbocycles. The molecule has 3 aromatic rings. The molecule has 0 saturated carbocycles. The van der Waals surface area contributed by atoms with Crippen molar-refractivity contribution in [2.45, 2.75) is 17.9 Å². The summed E-state index contributed by atoms with van der Waals surface area (Å²) in [5.74, 6) is -0.332. The summed E-state index contributed by atoms with van der Waals surface area (Å²) in [7, 11) is -9.81. The number of hydrogen-bond donors (Lipinski definition) is 0. The van der Waals surface area contributed by atoms with E-state index in [0.717, 1.165) is 16.8 Å². The van der Waals surface area contributed by atoms with Gasteiger partial charge in [-0.25, -0.2) is 13.8 Å². The quantitative estimate of drug-likeness (QED) is 0.393. The Kier molecular flexibility index (Phi) is 4.88. The van der Waals surface area contributed by atoms with Crippen molar-refractivity contribution in [1.29, 1.82) is 0 Å². The first-order chi connectivity index (χ1) is 13.7. The van der Waals surface area contributed by atoms with Crippen LogP contribution in [0.15, 0.2) is 70.6 Å². The summed E-state index contributed by atoms with van der Waals surface area (Å²) in [6.45, 7) is -0.834. The van der Waals surface area contributed by atoms with Gasteiger partial charge in [0.2, 0.25) is 5.88 Å². The number of alkyl halides is 2. The van der Waals surface area contributed by atoms with Crippen LogP contribution in [0.3, 0.4) is 0 Å². The fraction of sp³-hybridized carbons (Fsp3) is 0.111. The van der Waals surface area contributed by atoms with E-state index in [1.54, 1.807) is 0 Å². The van der Waals surface area contributed by atoms with Crippen LogP contribution in [0, 0.1) is 0 Å². The van der Waals surface area contributed by atoms with Crippen molar-refractivity contribution in [2.75, 3.05) is 0 Å². The van der Waals surface area contributed by atoms with Crippen molar-refractivity contribution in [1.82, 2.24) is 9.55 Å². The molecule has 0 atom stereocenters. The molecule has 0 aliphatic rings. The highest BCUT2D eigenvalue weighted by atomic mass is 32.5. The highest BCUT2D eigenvalue weighted by Gasteiger charge is 2.65. The van der Waals surface area contributed by atoms with Gasteiger partial charge < -0.3 is 9.30 Å². The molecule has 1 aromatic carbocycles. The molecule has 162 valence electrons. The smallest absolute Gasteiger partial charge is 0.310 e. The van der Waals surface area contributed by atoms with Crippen LogP contribution in [0.5, 0.6) is 11.6 Å². The van der Waals surface area contributed by atoms with Gasteiger partial charge in [0.25, 0.3) is 12.0 Å². The Morgan fingerprint density at radius 3 is 2.23 bits per heavy atom. The van der Waals surface area contributed by atoms with Crippen LogP contribution in [-0.2, 0) is 6.54 Å². The van der Waals surface area contributed by atoms with Crippen LogP contribution in [-0.4, -0.2) is 16.0 Å². The average molecular weight is 454 g/mol. The van der Waals surface area contributed by atoms with Gasteiger partial charge in [-0.1, -0.05) is 19.4 Å². The first-order valence-electron chi connectivity index (χ1n) is 8.19. The number of hydrogen-bond acceptors (Lipinski definition) is 3. The molecule has 0 amide bonds. The van der Waals surface area contributed by atoms with E-state index in [1.165, 1.54) is 24.4 Å². The standard InChI is InChI=1S/C18H13F7N2O2S/c19-16(20)11-27-10-12(3-8-17(27)28)15-2-1-9-26-18(15)29-13-4-6-14(7-5-13)30(21,22,23,24)25/h1-10,16H,11H2. The summed E-state index contributed by atoms with van der Waals surface area (Å²) in [5, 5.41) is 0. The molecule has 0 unspecified atom stereocenters. The largest absolute Gasteiger partial charge is 0.438 e. The molecule has 0 fully saturated rings. The molecule has 4 nitrogen and oxygen atoms in total. The minimum atomic E-state index is -9.81. The van der Waals surface area contributed by atoms with Gasteiger partial charge in [-0.2, -0.15) is 0 Å². The third-order valence-electron chi connectivity index (χ3n) is 3.88. The molecule has 0 N–H and O–H groups in total. The van der Waals surface area contributed by atoms with Gasteiger partial charge in [0.1, 0.15) is 10.6 Å². The Morgan fingerprint density at radius 1 is 0.967 bits per heavy atom. The third-order valence-corrected chi connectivity index (χ3v) is 5.05. The monoisotopic (exact) mass is 454 g/mol. The maximum Gasteiger partial charge on any atom is 0.310 e. The van der Waals surface area contributed by atoms with Crippen molar-refractivity contribution < 1.29 is 32.9 Å². The molecule has 12 heteroatoms. The molecule has 3 rings (SSSR count). The maximum absolute atomic E-state index is 12.8. The van der Waals surface area contributed by atoms with Crippen LogP contribution in [0.2, 0.25) is 0 Å². The number of aromatic nitrogens is 2. The van der Waals surface area contributed by atoms with Crippen molar-refractivity contribution in [2.24, 2.45) is 0 Å². The first-order valence-corrected chi connectivity index (χ1v) is 10.1. The van der Waals surface area contributed by atoms with Gasteiger partial charge in [-0.05, 0) is 42.5 Å². The molecular weight excluding hydrogens is 441 g/mol. The zero-order chi connectivity index (χ0) is 22.2. The average Bonchev–Trinajstić information content (AvgIpc) is 2.62. The molecule has 0 saturated heterocycles. The van der Waals surface area contributed by atoms with E-state index in [2.05, 4.69) is 4.98 Å². The summed E-state index contributed by atoms with van der Waals surface area (Å²) in [4.78, 5) is 13.6. The molecule has 0 radical (unpaired) electrons. The van der Waals surface area contributed by atoms with Gasteiger partial charge in [0.05, 0.1) is 6.54 Å². The summed E-state index contributed by atoms with van der Waals surface area (Å²) in [5.41, 5.74) is -0.128. The maximum atomic E-state index is 12.8. The Balaban J connectivity index is 1.95. The third kappa shape index (κ3) is 5.12. The number of benzene rings is 1. The zero-order valence-corrected chi connectivity index (χ0v) is 15.6. The number of nitrogens with zero attached hydrogens (tertiary/aromatic N) is 2. The van der Waals surface area contributed by atoms with Crippen molar-refractivity contribution in [3.63, 3.8) is 0 Å². The highest BCUT2D eigenvalue weighted by Crippen LogP contribution is 3.02. The fourth-order valence-electron chi connectivity index (χ4n) is 2.55. The second-order valence-electron chi connectivity index (χ2n) is 6.20. The Morgan fingerprint density at radius 2 is 1.63 bits per heavy atom. The fourth-order valence-corrected chi connectivity index (χ4v) is 3.20. The van der Waals surface area contributed by atoms with E-state index >= 15 is 0 Å². The first kappa shape index (κ1) is 21.7. The van der Waals surface area contributed by atoms with Crippen LogP contribution < -0.4 is 10.3 Å². The van der Waals surface area contributed by atoms with Gasteiger partial charge >= 0.3 is 10.2 Å². The minimum absolute atomic E-state index is 0.125. The Labute approximate surface area is 165 Å². The summed E-state index contributed by atoms with van der Waals surface area (Å²) < 4.78 is 95.6. The van der Waals surface area contributed by atoms with E-state index in [4.69, 9.17) is 4.74 Å². The second kappa shape index (κ2) is 6.76. The Bertz CT molecular complexity index is 1130. The van der Waals surface area contributed by atoms with Gasteiger partial charge in [0.15, 0.2) is 0 Å². The number of halogens is 7. The SMILES string of the molecule is O=c1ccc(-c2cccnc2Oc2ccc(S(F)(F)(F)(F)F)cc2)cn1CC(F)F. The molecule has 0 bridgehead atoms. The van der Waals surface area contributed by atoms with Gasteiger partial charge in [-0.15, -0.1) is 0 Å². The summed E-state index contributed by atoms with van der Waals surface area (Å²) >= 11 is 0. The van der Waals surface area contributed by atoms with Gasteiger partial charge in [0, 0.05) is 29.6 Å². The topological polar surface area (TPSA) is 44.1 Å². The van der Waals surface area contributed by atoms with E-state index in [0.29, 0.717) is 12.1 Å². The van der Waals surface area contributed by atoms with Crippen molar-refractivity contribution in [3.05, 3.63) is 71.3 Å². The zero-order valence-electron chi connectivity index (χ0n) is 14.8. The van der Waals surface area contributed by atoms with E-state index in [1.807, 2.05) is 0 Å². The van der Waals surface area contributed by atoms with Crippen LogP contribution >= 0.6 is 10.2 Å². The molecule has 2 aromatic heterocycles. The van der Waals surface area contributed by atoms with Crippen molar-refractivity contribution >= 4 is 10.2 Å². The van der Waals surface area contributed by atoms with Crippen LogP contribution in [0.25, 0.3) is 11.1 Å². The van der Waals surface area contributed by atoms with Crippen LogP contribution in [0.1, 0.15) is 0 Å². The normalized spacial score (nSPS) is 14.3. The van der Waals surface area contributed by atoms with E-state index < -0.39 is 33.6 Å². The molecule has 0 aliphatic heterocycles. The Hall–Kier alpha value is -3.02. The highest BCUT2D eigenvalue weighted by molar-refractivity contribution is 8.45. The lowest BCUT2D eigenvalue weighted by molar-refractivity contribution is 0.125. The number of rotatable bonds is 6. The molecule has 30 heavy (non-hydrogen) atoms. The molecule has 2 heterocycles. The van der Waals surface area contributed by atoms with Crippen LogP contribution in [0.4, 0.5) is 28.2 Å². The van der Waals surface area contributed by atoms with E-state index in [-0.39, 0.29) is 34.9 Å². The minimum Gasteiger partial charge on any atom is -0.438 e. The lowest BCUT2D eigenvalue weighted by Crippen LogP contribution is -2.22. The second-order valence-corrected chi connectivity index (χ2v) is 8.61. The lowest BCUT2D eigenvalue weighted by atomic mass is 10.1. The molecular formula is C18H13F7N2O2S. The van der Waals surface area contributed by atoms with Gasteiger partial charge in [-0.3, -0.25) is 4.79 Å². The summed E-state index contributed by atoms with van der Waals surface area (Å²) in [6, 6.07) is 7.20. The predicted octanol–water partition coefficient (Wildman–Crippen LogP) is 6.63. The lowest BCUT2D eigenvalue weighted by Gasteiger charge is -2.40. The summed E-state index contributed by atoms with van der Waals surface area (Å²) in [6.07, 6.45) is -0.303. The predicted molar refractivity (Wildman–Crippen MR) is 97.9 cm³/mol. The number of pyridine rings is 2. The molecule has 0 spiro atoms. The number of ether oxygens (including phenoxy) is 1.